The normalized spacial score (nSPS) is 30.4. The molecule has 122 valence electrons. The van der Waals surface area contributed by atoms with Gasteiger partial charge in [0.05, 0.1) is 11.2 Å². The van der Waals surface area contributed by atoms with Crippen molar-refractivity contribution >= 4 is 22.8 Å². The van der Waals surface area contributed by atoms with Gasteiger partial charge >= 0.3 is 11.9 Å². The van der Waals surface area contributed by atoms with Gasteiger partial charge in [-0.2, -0.15) is 0 Å². The fourth-order valence-corrected chi connectivity index (χ4v) is 3.04. The van der Waals surface area contributed by atoms with Crippen LogP contribution >= 0.6 is 0 Å². The number of para-hydroxylation sites is 1. The van der Waals surface area contributed by atoms with E-state index >= 15 is 0 Å². The number of nitrogens with zero attached hydrogens (tertiary/aromatic N) is 1. The van der Waals surface area contributed by atoms with E-state index in [1.54, 1.807) is 18.2 Å². The molecule has 7 nitrogen and oxygen atoms in total. The van der Waals surface area contributed by atoms with E-state index in [2.05, 4.69) is 4.98 Å². The topological polar surface area (TPSA) is 106 Å². The highest BCUT2D eigenvalue weighted by Gasteiger charge is 2.47. The fraction of sp³-hybridized carbons (Fsp3) is 0.235. The standard InChI is InChI=1S/C17H13NO6/c19-11-5-6-12(20)24-17-14(21)9-7-8-3-1-2-4-10(8)18-13(9)16(23-11)15(17)22/h1-7,14-17,21-22H/b6-5-. The Hall–Kier alpha value is -2.77. The number of aromatic nitrogens is 1. The minimum Gasteiger partial charge on any atom is -0.453 e. The van der Waals surface area contributed by atoms with Gasteiger partial charge in [0.1, 0.15) is 12.2 Å². The number of benzene rings is 1. The van der Waals surface area contributed by atoms with Crippen LogP contribution in [0.4, 0.5) is 0 Å². The third-order valence-electron chi connectivity index (χ3n) is 4.18. The zero-order valence-electron chi connectivity index (χ0n) is 12.3. The molecular formula is C17H13NO6. The first kappa shape index (κ1) is 14.8. The lowest BCUT2D eigenvalue weighted by atomic mass is 9.85. The molecule has 4 atom stereocenters. The number of pyridine rings is 1. The lowest BCUT2D eigenvalue weighted by Crippen LogP contribution is -2.45. The van der Waals surface area contributed by atoms with E-state index in [-0.39, 0.29) is 5.69 Å². The number of aliphatic hydroxyl groups excluding tert-OH is 2. The molecule has 0 saturated heterocycles. The molecule has 2 heterocycles. The number of fused-ring (bicyclic) bond motifs is 5. The van der Waals surface area contributed by atoms with Crippen molar-refractivity contribution in [2.24, 2.45) is 0 Å². The van der Waals surface area contributed by atoms with Crippen molar-refractivity contribution in [2.75, 3.05) is 0 Å². The van der Waals surface area contributed by atoms with Gasteiger partial charge in [-0.15, -0.1) is 0 Å². The van der Waals surface area contributed by atoms with Crippen LogP contribution < -0.4 is 0 Å². The van der Waals surface area contributed by atoms with Crippen LogP contribution in [0.1, 0.15) is 23.5 Å². The van der Waals surface area contributed by atoms with E-state index < -0.39 is 36.4 Å². The Bertz CT molecular complexity index is 877. The largest absolute Gasteiger partial charge is 0.453 e. The average molecular weight is 327 g/mol. The summed E-state index contributed by atoms with van der Waals surface area (Å²) >= 11 is 0. The monoisotopic (exact) mass is 327 g/mol. The van der Waals surface area contributed by atoms with Gasteiger partial charge in [0.2, 0.25) is 0 Å². The van der Waals surface area contributed by atoms with Crippen molar-refractivity contribution < 1.29 is 29.3 Å². The van der Waals surface area contributed by atoms with Crippen LogP contribution in [-0.2, 0) is 19.1 Å². The highest BCUT2D eigenvalue weighted by Crippen LogP contribution is 2.41. The van der Waals surface area contributed by atoms with Crippen LogP contribution in [-0.4, -0.2) is 39.3 Å². The van der Waals surface area contributed by atoms with Gasteiger partial charge in [-0.1, -0.05) is 18.2 Å². The molecule has 1 aliphatic carbocycles. The minimum atomic E-state index is -1.42. The number of hydrogen-bond acceptors (Lipinski definition) is 7. The quantitative estimate of drug-likeness (QED) is 0.686. The molecule has 2 N–H and O–H groups in total. The molecule has 2 bridgehead atoms. The molecule has 1 aliphatic heterocycles. The number of esters is 2. The molecule has 4 rings (SSSR count). The summed E-state index contributed by atoms with van der Waals surface area (Å²) in [5.41, 5.74) is 1.25. The summed E-state index contributed by atoms with van der Waals surface area (Å²) in [6, 6.07) is 8.92. The molecule has 0 saturated carbocycles. The van der Waals surface area contributed by atoms with Crippen molar-refractivity contribution in [3.05, 3.63) is 53.7 Å². The summed E-state index contributed by atoms with van der Waals surface area (Å²) < 4.78 is 10.3. The van der Waals surface area contributed by atoms with Crippen LogP contribution in [0.25, 0.3) is 10.9 Å². The van der Waals surface area contributed by atoms with Crippen molar-refractivity contribution in [2.45, 2.75) is 24.4 Å². The molecule has 7 heteroatoms. The Labute approximate surface area is 136 Å². The van der Waals surface area contributed by atoms with E-state index in [9.17, 15) is 19.8 Å². The van der Waals surface area contributed by atoms with E-state index in [0.29, 0.717) is 11.1 Å². The summed E-state index contributed by atoms with van der Waals surface area (Å²) in [5, 5.41) is 21.8. The van der Waals surface area contributed by atoms with Crippen molar-refractivity contribution in [1.82, 2.24) is 4.98 Å². The van der Waals surface area contributed by atoms with E-state index in [1.165, 1.54) is 0 Å². The number of ether oxygens (including phenoxy) is 2. The number of rotatable bonds is 0. The number of carbonyl (C=O) groups excluding carboxylic acids is 2. The third kappa shape index (κ3) is 2.26. The second kappa shape index (κ2) is 5.40. The van der Waals surface area contributed by atoms with Gasteiger partial charge in [-0.25, -0.2) is 14.6 Å². The second-order valence-corrected chi connectivity index (χ2v) is 5.68. The fourth-order valence-electron chi connectivity index (χ4n) is 3.04. The molecule has 1 aromatic carbocycles. The second-order valence-electron chi connectivity index (χ2n) is 5.68. The van der Waals surface area contributed by atoms with Gasteiger partial charge in [0.15, 0.2) is 12.2 Å². The number of hydrogen-bond donors (Lipinski definition) is 2. The molecule has 0 amide bonds. The van der Waals surface area contributed by atoms with Gasteiger partial charge < -0.3 is 19.7 Å². The highest BCUT2D eigenvalue weighted by molar-refractivity contribution is 5.92. The maximum atomic E-state index is 11.8. The molecule has 1 aromatic heterocycles. The zero-order chi connectivity index (χ0) is 16.8. The number of carbonyl (C=O) groups is 2. The predicted molar refractivity (Wildman–Crippen MR) is 80.6 cm³/mol. The maximum Gasteiger partial charge on any atom is 0.331 e. The Kier molecular flexibility index (Phi) is 3.33. The van der Waals surface area contributed by atoms with Gasteiger partial charge in [0, 0.05) is 23.1 Å². The first-order chi connectivity index (χ1) is 11.5. The Morgan fingerprint density at radius 2 is 1.71 bits per heavy atom. The molecule has 24 heavy (non-hydrogen) atoms. The van der Waals surface area contributed by atoms with Crippen LogP contribution in [0, 0.1) is 0 Å². The summed E-state index contributed by atoms with van der Waals surface area (Å²) in [7, 11) is 0. The van der Waals surface area contributed by atoms with Crippen molar-refractivity contribution in [1.29, 1.82) is 0 Å². The molecule has 2 aliphatic rings. The Morgan fingerprint density at radius 3 is 2.50 bits per heavy atom. The molecular weight excluding hydrogens is 314 g/mol. The van der Waals surface area contributed by atoms with Gasteiger partial charge in [-0.05, 0) is 12.1 Å². The van der Waals surface area contributed by atoms with E-state index in [1.807, 2.05) is 12.1 Å². The summed E-state index contributed by atoms with van der Waals surface area (Å²) in [6.07, 6.45) is -3.28. The molecule has 4 unspecified atom stereocenters. The SMILES string of the molecule is O=C1/C=C\C(=O)OC2C(O)c3cc4ccccc4nc3C(O1)C2O. The lowest BCUT2D eigenvalue weighted by molar-refractivity contribution is -0.180. The van der Waals surface area contributed by atoms with Gasteiger partial charge in [-0.3, -0.25) is 0 Å². The molecule has 0 spiro atoms. The Morgan fingerprint density at radius 1 is 1.00 bits per heavy atom. The number of aliphatic hydroxyl groups is 2. The summed E-state index contributed by atoms with van der Waals surface area (Å²) in [4.78, 5) is 27.9. The molecule has 0 radical (unpaired) electrons. The van der Waals surface area contributed by atoms with E-state index in [4.69, 9.17) is 9.47 Å². The maximum absolute atomic E-state index is 11.8. The third-order valence-corrected chi connectivity index (χ3v) is 4.18. The first-order valence-corrected chi connectivity index (χ1v) is 7.39. The Balaban J connectivity index is 1.93. The molecule has 2 aromatic rings. The lowest BCUT2D eigenvalue weighted by Gasteiger charge is -2.37. The van der Waals surface area contributed by atoms with Gasteiger partial charge in [0.25, 0.3) is 0 Å². The van der Waals surface area contributed by atoms with E-state index in [0.717, 1.165) is 17.5 Å². The highest BCUT2D eigenvalue weighted by atomic mass is 16.6. The predicted octanol–water partition coefficient (Wildman–Crippen LogP) is 0.709. The van der Waals surface area contributed by atoms with Crippen molar-refractivity contribution in [3.63, 3.8) is 0 Å². The smallest absolute Gasteiger partial charge is 0.331 e. The summed E-state index contributed by atoms with van der Waals surface area (Å²) in [6.45, 7) is 0. The van der Waals surface area contributed by atoms with Crippen LogP contribution in [0.3, 0.4) is 0 Å². The van der Waals surface area contributed by atoms with Crippen molar-refractivity contribution in [3.8, 4) is 0 Å². The zero-order valence-corrected chi connectivity index (χ0v) is 12.3. The molecule has 0 fully saturated rings. The van der Waals surface area contributed by atoms with Crippen LogP contribution in [0.15, 0.2) is 42.5 Å². The first-order valence-electron chi connectivity index (χ1n) is 7.39. The minimum absolute atomic E-state index is 0.254. The summed E-state index contributed by atoms with van der Waals surface area (Å²) in [5.74, 6) is -1.64. The van der Waals surface area contributed by atoms with Crippen LogP contribution in [0.5, 0.6) is 0 Å². The van der Waals surface area contributed by atoms with Crippen LogP contribution in [0.2, 0.25) is 0 Å². The average Bonchev–Trinajstić information content (AvgIpc) is 2.62.